The average molecular weight is 406 g/mol. The standard InChI is InChI=1S/C21H28F2N4O2/c1-28-17-5-6-19(29-2)18(9-17)20-15(11-24-25-20)12-27-14-21(22,23)10-16(27)13-26-7-3-4-8-26/h5-6,9,11,16H,3-4,7-8,10,12-14H2,1-2H3,(H,24,25)/t16-/m0/s1. The summed E-state index contributed by atoms with van der Waals surface area (Å²) in [5.74, 6) is -1.28. The first kappa shape index (κ1) is 20.1. The van der Waals surface area contributed by atoms with Crippen molar-refractivity contribution in [3.8, 4) is 22.8 Å². The third kappa shape index (κ3) is 4.38. The fourth-order valence-corrected chi connectivity index (χ4v) is 4.49. The van der Waals surface area contributed by atoms with E-state index >= 15 is 0 Å². The molecule has 0 amide bonds. The predicted molar refractivity (Wildman–Crippen MR) is 107 cm³/mol. The lowest BCUT2D eigenvalue weighted by Gasteiger charge is -2.27. The highest BCUT2D eigenvalue weighted by molar-refractivity contribution is 5.71. The fraction of sp³-hybridized carbons (Fsp3) is 0.571. The maximum atomic E-state index is 14.3. The number of benzene rings is 1. The zero-order valence-electron chi connectivity index (χ0n) is 17.0. The van der Waals surface area contributed by atoms with Gasteiger partial charge < -0.3 is 14.4 Å². The molecule has 2 saturated heterocycles. The molecule has 1 aromatic carbocycles. The number of nitrogens with one attached hydrogen (secondary N) is 1. The molecule has 4 rings (SSSR count). The second-order valence-corrected chi connectivity index (χ2v) is 7.96. The number of ether oxygens (including phenoxy) is 2. The van der Waals surface area contributed by atoms with Crippen LogP contribution in [0.5, 0.6) is 11.5 Å². The molecule has 158 valence electrons. The number of likely N-dealkylation sites (tertiary alicyclic amines) is 2. The molecule has 0 spiro atoms. The minimum atomic E-state index is -2.65. The van der Waals surface area contributed by atoms with Crippen LogP contribution in [0.4, 0.5) is 8.78 Å². The van der Waals surface area contributed by atoms with Crippen molar-refractivity contribution in [3.63, 3.8) is 0 Å². The molecular formula is C21H28F2N4O2. The minimum absolute atomic E-state index is 0.0842. The van der Waals surface area contributed by atoms with Gasteiger partial charge in [0.2, 0.25) is 0 Å². The van der Waals surface area contributed by atoms with Crippen LogP contribution in [0.15, 0.2) is 24.4 Å². The number of aromatic nitrogens is 2. The molecule has 2 aliphatic rings. The Morgan fingerprint density at radius 3 is 2.72 bits per heavy atom. The van der Waals surface area contributed by atoms with Crippen molar-refractivity contribution < 1.29 is 18.3 Å². The van der Waals surface area contributed by atoms with Gasteiger partial charge in [0.1, 0.15) is 11.5 Å². The Morgan fingerprint density at radius 2 is 2.00 bits per heavy atom. The van der Waals surface area contributed by atoms with E-state index in [1.54, 1.807) is 20.4 Å². The largest absolute Gasteiger partial charge is 0.497 e. The summed E-state index contributed by atoms with van der Waals surface area (Å²) >= 11 is 0. The second-order valence-electron chi connectivity index (χ2n) is 7.96. The van der Waals surface area contributed by atoms with Crippen LogP contribution in [-0.2, 0) is 6.54 Å². The van der Waals surface area contributed by atoms with Crippen LogP contribution in [-0.4, -0.2) is 72.4 Å². The summed E-state index contributed by atoms with van der Waals surface area (Å²) in [6, 6.07) is 5.37. The number of hydrogen-bond acceptors (Lipinski definition) is 5. The molecule has 1 atom stereocenters. The highest BCUT2D eigenvalue weighted by Gasteiger charge is 2.45. The normalized spacial score (nSPS) is 22.3. The number of hydrogen-bond donors (Lipinski definition) is 1. The van der Waals surface area contributed by atoms with Crippen LogP contribution < -0.4 is 9.47 Å². The van der Waals surface area contributed by atoms with Crippen molar-refractivity contribution in [2.75, 3.05) is 40.4 Å². The zero-order valence-corrected chi connectivity index (χ0v) is 17.0. The number of halogens is 2. The lowest BCUT2D eigenvalue weighted by molar-refractivity contribution is 0.0113. The molecular weight excluding hydrogens is 378 g/mol. The van der Waals surface area contributed by atoms with Crippen molar-refractivity contribution in [1.29, 1.82) is 0 Å². The first-order chi connectivity index (χ1) is 14.0. The number of aromatic amines is 1. The van der Waals surface area contributed by atoms with Crippen LogP contribution in [0.1, 0.15) is 24.8 Å². The molecule has 2 aromatic rings. The van der Waals surface area contributed by atoms with Gasteiger partial charge in [-0.3, -0.25) is 10.00 Å². The quantitative estimate of drug-likeness (QED) is 0.764. The van der Waals surface area contributed by atoms with E-state index in [1.165, 1.54) is 0 Å². The molecule has 8 heteroatoms. The highest BCUT2D eigenvalue weighted by atomic mass is 19.3. The van der Waals surface area contributed by atoms with Gasteiger partial charge in [0.05, 0.1) is 32.7 Å². The molecule has 2 aliphatic heterocycles. The SMILES string of the molecule is COc1ccc(OC)c(-c2[nH]ncc2CN2CC(F)(F)C[C@H]2CN2CCCC2)c1. The van der Waals surface area contributed by atoms with E-state index < -0.39 is 5.92 Å². The molecule has 29 heavy (non-hydrogen) atoms. The molecule has 3 heterocycles. The minimum Gasteiger partial charge on any atom is -0.497 e. The van der Waals surface area contributed by atoms with E-state index in [4.69, 9.17) is 9.47 Å². The Bertz CT molecular complexity index is 836. The number of H-pyrrole nitrogens is 1. The van der Waals surface area contributed by atoms with Gasteiger partial charge in [-0.25, -0.2) is 8.78 Å². The monoisotopic (exact) mass is 406 g/mol. The van der Waals surface area contributed by atoms with Gasteiger partial charge in [0.25, 0.3) is 5.92 Å². The zero-order chi connectivity index (χ0) is 20.4. The average Bonchev–Trinajstić information content (AvgIpc) is 3.43. The molecule has 1 N–H and O–H groups in total. The van der Waals surface area contributed by atoms with Crippen molar-refractivity contribution in [2.45, 2.75) is 37.8 Å². The maximum Gasteiger partial charge on any atom is 0.262 e. The van der Waals surface area contributed by atoms with Crippen LogP contribution >= 0.6 is 0 Å². The van der Waals surface area contributed by atoms with Gasteiger partial charge in [-0.2, -0.15) is 5.10 Å². The van der Waals surface area contributed by atoms with Crippen molar-refractivity contribution in [1.82, 2.24) is 20.0 Å². The summed E-state index contributed by atoms with van der Waals surface area (Å²) < 4.78 is 39.4. The second kappa shape index (κ2) is 8.28. The first-order valence-electron chi connectivity index (χ1n) is 10.1. The van der Waals surface area contributed by atoms with Crippen molar-refractivity contribution >= 4 is 0 Å². The van der Waals surface area contributed by atoms with Crippen LogP contribution in [0, 0.1) is 0 Å². The van der Waals surface area contributed by atoms with Gasteiger partial charge in [-0.1, -0.05) is 0 Å². The molecule has 6 nitrogen and oxygen atoms in total. The molecule has 2 fully saturated rings. The fourth-order valence-electron chi connectivity index (χ4n) is 4.49. The summed E-state index contributed by atoms with van der Waals surface area (Å²) in [5, 5.41) is 7.21. The van der Waals surface area contributed by atoms with Crippen LogP contribution in [0.2, 0.25) is 0 Å². The van der Waals surface area contributed by atoms with Crippen molar-refractivity contribution in [3.05, 3.63) is 30.0 Å². The van der Waals surface area contributed by atoms with E-state index in [0.717, 1.165) is 42.8 Å². The van der Waals surface area contributed by atoms with Gasteiger partial charge in [0, 0.05) is 36.7 Å². The third-order valence-corrected chi connectivity index (χ3v) is 5.92. The molecule has 0 bridgehead atoms. The summed E-state index contributed by atoms with van der Waals surface area (Å²) in [5.41, 5.74) is 2.46. The van der Waals surface area contributed by atoms with E-state index in [-0.39, 0.29) is 19.0 Å². The molecule has 1 aromatic heterocycles. The lowest BCUT2D eigenvalue weighted by Crippen LogP contribution is -2.39. The van der Waals surface area contributed by atoms with Gasteiger partial charge in [0.15, 0.2) is 0 Å². The number of nitrogens with zero attached hydrogens (tertiary/aromatic N) is 3. The van der Waals surface area contributed by atoms with Crippen LogP contribution in [0.25, 0.3) is 11.3 Å². The molecule has 0 aliphatic carbocycles. The topological polar surface area (TPSA) is 53.6 Å². The third-order valence-electron chi connectivity index (χ3n) is 5.92. The summed E-state index contributed by atoms with van der Waals surface area (Å²) in [6.07, 6.45) is 3.95. The number of methoxy groups -OCH3 is 2. The van der Waals surface area contributed by atoms with Crippen LogP contribution in [0.3, 0.4) is 0 Å². The van der Waals surface area contributed by atoms with E-state index in [0.29, 0.717) is 24.6 Å². The maximum absolute atomic E-state index is 14.3. The predicted octanol–water partition coefficient (Wildman–Crippen LogP) is 3.40. The van der Waals surface area contributed by atoms with Crippen molar-refractivity contribution in [2.24, 2.45) is 0 Å². The van der Waals surface area contributed by atoms with E-state index in [1.807, 2.05) is 23.1 Å². The first-order valence-corrected chi connectivity index (χ1v) is 10.1. The smallest absolute Gasteiger partial charge is 0.262 e. The Labute approximate surface area is 169 Å². The van der Waals surface area contributed by atoms with Gasteiger partial charge in [-0.05, 0) is 44.1 Å². The Kier molecular flexibility index (Phi) is 5.74. The Hall–Kier alpha value is -2.19. The summed E-state index contributed by atoms with van der Waals surface area (Å²) in [7, 11) is 3.21. The van der Waals surface area contributed by atoms with E-state index in [2.05, 4.69) is 15.1 Å². The summed E-state index contributed by atoms with van der Waals surface area (Å²) in [6.45, 7) is 2.92. The lowest BCUT2D eigenvalue weighted by atomic mass is 10.1. The van der Waals surface area contributed by atoms with Gasteiger partial charge in [-0.15, -0.1) is 0 Å². The highest BCUT2D eigenvalue weighted by Crippen LogP contribution is 2.37. The Balaban J connectivity index is 1.58. The summed E-state index contributed by atoms with van der Waals surface area (Å²) in [4.78, 5) is 4.21. The number of alkyl halides is 2. The van der Waals surface area contributed by atoms with Gasteiger partial charge >= 0.3 is 0 Å². The number of rotatable bonds is 7. The molecule has 0 saturated carbocycles. The molecule has 0 radical (unpaired) electrons. The van der Waals surface area contributed by atoms with E-state index in [9.17, 15) is 8.78 Å². The molecule has 0 unspecified atom stereocenters. The Morgan fingerprint density at radius 1 is 1.21 bits per heavy atom.